The minimum atomic E-state index is 0.273. The van der Waals surface area contributed by atoms with Crippen LogP contribution in [0.25, 0.3) is 0 Å². The minimum Gasteiger partial charge on any atom is -0.493 e. The lowest BCUT2D eigenvalue weighted by atomic mass is 10.1. The molecule has 0 atom stereocenters. The van der Waals surface area contributed by atoms with Gasteiger partial charge in [0, 0.05) is 45.0 Å². The molecular weight excluding hydrogens is 404 g/mol. The van der Waals surface area contributed by atoms with E-state index in [0.29, 0.717) is 19.7 Å². The second-order valence-electron chi connectivity index (χ2n) is 7.87. The van der Waals surface area contributed by atoms with Gasteiger partial charge in [-0.15, -0.1) is 0 Å². The first-order chi connectivity index (χ1) is 15.7. The van der Waals surface area contributed by atoms with Crippen molar-refractivity contribution in [2.75, 3.05) is 39.7 Å². The molecule has 0 saturated heterocycles. The highest BCUT2D eigenvalue weighted by molar-refractivity contribution is 5.79. The highest BCUT2D eigenvalue weighted by Gasteiger charge is 2.20. The first-order valence-corrected chi connectivity index (χ1v) is 11.3. The number of para-hydroxylation sites is 1. The summed E-state index contributed by atoms with van der Waals surface area (Å²) in [5, 5.41) is 10.1. The van der Waals surface area contributed by atoms with Crippen molar-refractivity contribution >= 4 is 11.6 Å². The Hall–Kier alpha value is -2.93. The van der Waals surface area contributed by atoms with Gasteiger partial charge in [0.1, 0.15) is 0 Å². The Kier molecular flexibility index (Phi) is 9.50. The van der Waals surface area contributed by atoms with Crippen molar-refractivity contribution in [1.82, 2.24) is 10.6 Å². The lowest BCUT2D eigenvalue weighted by Crippen LogP contribution is -2.36. The molecule has 1 aliphatic rings. The van der Waals surface area contributed by atoms with Crippen LogP contribution in [0, 0.1) is 0 Å². The lowest BCUT2D eigenvalue weighted by molar-refractivity contribution is 0.198. The quantitative estimate of drug-likeness (QED) is 0.279. The normalized spacial score (nSPS) is 14.3. The Bertz CT molecular complexity index is 849. The Morgan fingerprint density at radius 1 is 1.00 bits per heavy atom. The second-order valence-corrected chi connectivity index (χ2v) is 7.87. The highest BCUT2D eigenvalue weighted by Crippen LogP contribution is 2.34. The summed E-state index contributed by atoms with van der Waals surface area (Å²) in [6.07, 6.45) is 4.95. The first-order valence-electron chi connectivity index (χ1n) is 11.3. The van der Waals surface area contributed by atoms with Crippen molar-refractivity contribution < 1.29 is 14.2 Å². The molecule has 7 heteroatoms. The van der Waals surface area contributed by atoms with Gasteiger partial charge in [0.15, 0.2) is 17.5 Å². The van der Waals surface area contributed by atoms with Crippen LogP contribution in [0.2, 0.25) is 0 Å². The van der Waals surface area contributed by atoms with E-state index < -0.39 is 0 Å². The van der Waals surface area contributed by atoms with Gasteiger partial charge in [-0.3, -0.25) is 4.99 Å². The van der Waals surface area contributed by atoms with Gasteiger partial charge in [-0.25, -0.2) is 0 Å². The number of benzene rings is 2. The molecule has 1 aliphatic carbocycles. The van der Waals surface area contributed by atoms with Crippen molar-refractivity contribution in [1.29, 1.82) is 0 Å². The molecular formula is C25H36N4O3. The van der Waals surface area contributed by atoms with Gasteiger partial charge in [-0.1, -0.05) is 24.3 Å². The topological polar surface area (TPSA) is 76.1 Å². The van der Waals surface area contributed by atoms with Gasteiger partial charge in [-0.2, -0.15) is 0 Å². The van der Waals surface area contributed by atoms with Gasteiger partial charge in [-0.05, 0) is 49.4 Å². The smallest absolute Gasteiger partial charge is 0.191 e. The maximum atomic E-state index is 6.33. The molecule has 2 aromatic carbocycles. The van der Waals surface area contributed by atoms with Gasteiger partial charge in [0.05, 0.1) is 19.8 Å². The van der Waals surface area contributed by atoms with Crippen LogP contribution in [-0.4, -0.2) is 46.5 Å². The van der Waals surface area contributed by atoms with Crippen LogP contribution in [0.15, 0.2) is 47.5 Å². The Morgan fingerprint density at radius 2 is 1.75 bits per heavy atom. The summed E-state index contributed by atoms with van der Waals surface area (Å²) in [5.41, 5.74) is 3.32. The zero-order valence-corrected chi connectivity index (χ0v) is 19.4. The molecule has 0 amide bonds. The van der Waals surface area contributed by atoms with Crippen LogP contribution >= 0.6 is 0 Å². The van der Waals surface area contributed by atoms with E-state index in [0.717, 1.165) is 48.1 Å². The fourth-order valence-corrected chi connectivity index (χ4v) is 3.79. The van der Waals surface area contributed by atoms with E-state index in [9.17, 15) is 0 Å². The molecule has 2 aromatic rings. The van der Waals surface area contributed by atoms with Crippen LogP contribution in [0.4, 0.5) is 5.69 Å². The van der Waals surface area contributed by atoms with Gasteiger partial charge < -0.3 is 30.2 Å². The monoisotopic (exact) mass is 440 g/mol. The molecule has 0 aromatic heterocycles. The number of ether oxygens (including phenoxy) is 3. The fraction of sp³-hybridized carbons (Fsp3) is 0.480. The number of nitrogens with zero attached hydrogens (tertiary/aromatic N) is 1. The third-order valence-corrected chi connectivity index (χ3v) is 5.59. The number of hydrogen-bond acceptors (Lipinski definition) is 5. The van der Waals surface area contributed by atoms with Gasteiger partial charge in [0.25, 0.3) is 0 Å². The molecule has 174 valence electrons. The standard InChI is InChI=1S/C25H36N4O3/c1-26-25(28-17-19-11-13-21(14-12-19)27-15-16-30-2)29-18-20-7-6-10-23(31-3)24(20)32-22-8-4-5-9-22/h6-7,10-14,22,27H,4-5,8-9,15-18H2,1-3H3,(H2,26,28,29). The summed E-state index contributed by atoms with van der Waals surface area (Å²) in [6, 6.07) is 14.4. The molecule has 0 aliphatic heterocycles. The van der Waals surface area contributed by atoms with Crippen LogP contribution in [0.3, 0.4) is 0 Å². The number of methoxy groups -OCH3 is 2. The Morgan fingerprint density at radius 3 is 2.44 bits per heavy atom. The summed E-state index contributed by atoms with van der Waals surface area (Å²) < 4.78 is 17.0. The lowest BCUT2D eigenvalue weighted by Gasteiger charge is -2.20. The number of guanidine groups is 1. The van der Waals surface area contributed by atoms with Crippen molar-refractivity contribution in [2.45, 2.75) is 44.9 Å². The summed E-state index contributed by atoms with van der Waals surface area (Å²) >= 11 is 0. The van der Waals surface area contributed by atoms with Crippen molar-refractivity contribution in [3.8, 4) is 11.5 Å². The molecule has 0 heterocycles. The minimum absolute atomic E-state index is 0.273. The Balaban J connectivity index is 1.54. The molecule has 32 heavy (non-hydrogen) atoms. The molecule has 1 saturated carbocycles. The Labute approximate surface area is 191 Å². The molecule has 0 bridgehead atoms. The first kappa shape index (κ1) is 23.7. The molecule has 1 fully saturated rings. The molecule has 3 rings (SSSR count). The third-order valence-electron chi connectivity index (χ3n) is 5.59. The number of anilines is 1. The van der Waals surface area contributed by atoms with Crippen molar-refractivity contribution in [3.63, 3.8) is 0 Å². The van der Waals surface area contributed by atoms with Crippen LogP contribution < -0.4 is 25.4 Å². The molecule has 7 nitrogen and oxygen atoms in total. The average Bonchev–Trinajstić information content (AvgIpc) is 3.34. The third kappa shape index (κ3) is 7.05. The molecule has 0 unspecified atom stereocenters. The summed E-state index contributed by atoms with van der Waals surface area (Å²) in [4.78, 5) is 4.36. The van der Waals surface area contributed by atoms with E-state index in [1.807, 2.05) is 12.1 Å². The van der Waals surface area contributed by atoms with Gasteiger partial charge in [0.2, 0.25) is 0 Å². The average molecular weight is 441 g/mol. The van der Waals surface area contributed by atoms with E-state index in [-0.39, 0.29) is 6.10 Å². The van der Waals surface area contributed by atoms with Crippen molar-refractivity contribution in [2.24, 2.45) is 4.99 Å². The zero-order chi connectivity index (χ0) is 22.6. The molecule has 0 radical (unpaired) electrons. The van der Waals surface area contributed by atoms with Crippen LogP contribution in [-0.2, 0) is 17.8 Å². The number of aliphatic imine (C=N–C) groups is 1. The zero-order valence-electron chi connectivity index (χ0n) is 19.4. The molecule has 0 spiro atoms. The summed E-state index contributed by atoms with van der Waals surface area (Å²) in [5.74, 6) is 2.35. The van der Waals surface area contributed by atoms with Crippen LogP contribution in [0.5, 0.6) is 11.5 Å². The summed E-state index contributed by atoms with van der Waals surface area (Å²) in [7, 11) is 5.17. The maximum Gasteiger partial charge on any atom is 0.191 e. The number of nitrogens with one attached hydrogen (secondary N) is 3. The SMILES string of the molecule is CN=C(NCc1ccc(NCCOC)cc1)NCc1cccc(OC)c1OC1CCCC1. The van der Waals surface area contributed by atoms with E-state index in [4.69, 9.17) is 14.2 Å². The van der Waals surface area contributed by atoms with E-state index >= 15 is 0 Å². The molecule has 3 N–H and O–H groups in total. The predicted octanol–water partition coefficient (Wildman–Crippen LogP) is 3.94. The van der Waals surface area contributed by atoms with Gasteiger partial charge >= 0.3 is 0 Å². The van der Waals surface area contributed by atoms with E-state index in [2.05, 4.69) is 51.3 Å². The van der Waals surface area contributed by atoms with E-state index in [1.165, 1.54) is 18.4 Å². The predicted molar refractivity (Wildman–Crippen MR) is 130 cm³/mol. The maximum absolute atomic E-state index is 6.33. The second kappa shape index (κ2) is 12.8. The summed E-state index contributed by atoms with van der Waals surface area (Å²) in [6.45, 7) is 2.76. The van der Waals surface area contributed by atoms with E-state index in [1.54, 1.807) is 21.3 Å². The fourth-order valence-electron chi connectivity index (χ4n) is 3.79. The number of rotatable bonds is 11. The number of hydrogen-bond donors (Lipinski definition) is 3. The van der Waals surface area contributed by atoms with Crippen molar-refractivity contribution in [3.05, 3.63) is 53.6 Å². The largest absolute Gasteiger partial charge is 0.493 e. The highest BCUT2D eigenvalue weighted by atomic mass is 16.5. The van der Waals surface area contributed by atoms with Crippen LogP contribution in [0.1, 0.15) is 36.8 Å².